The molecule has 0 aromatic heterocycles. The largest absolute Gasteiger partial charge is 0.508 e. The molecule has 0 atom stereocenters. The van der Waals surface area contributed by atoms with Crippen molar-refractivity contribution in [2.75, 3.05) is 0 Å². The van der Waals surface area contributed by atoms with Crippen LogP contribution in [-0.2, 0) is 5.41 Å². The molecule has 2 aromatic carbocycles. The number of amides is 1. The fraction of sp³-hybridized carbons (Fsp3) is 0.235. The molecule has 0 bridgehead atoms. The molecule has 5 heteroatoms. The van der Waals surface area contributed by atoms with Gasteiger partial charge in [-0.2, -0.15) is 0 Å². The number of hydrogen-bond donors (Lipinski definition) is 1. The second-order valence-corrected chi connectivity index (χ2v) is 6.40. The van der Waals surface area contributed by atoms with Crippen LogP contribution in [0.5, 0.6) is 5.75 Å². The van der Waals surface area contributed by atoms with Gasteiger partial charge in [-0.25, -0.2) is 0 Å². The smallest absolute Gasteiger partial charge is 0.295 e. The summed E-state index contributed by atoms with van der Waals surface area (Å²) in [7, 11) is 0. The number of azo groups is 1. The Labute approximate surface area is 134 Å². The zero-order chi connectivity index (χ0) is 16.3. The average Bonchev–Trinajstić information content (AvgIpc) is 2.45. The maximum Gasteiger partial charge on any atom is 0.295 e. The SMILES string of the molecule is CC(C)(C)c1cc(N=NC(=O)c2ccc(Cl)cc2)ccc1O. The number of rotatable bonds is 2. The summed E-state index contributed by atoms with van der Waals surface area (Å²) in [6, 6.07) is 11.4. The van der Waals surface area contributed by atoms with Crippen molar-refractivity contribution >= 4 is 23.2 Å². The first-order valence-electron chi connectivity index (χ1n) is 6.82. The Morgan fingerprint density at radius 1 is 1.09 bits per heavy atom. The number of carbonyl (C=O) groups is 1. The van der Waals surface area contributed by atoms with E-state index in [4.69, 9.17) is 11.6 Å². The van der Waals surface area contributed by atoms with Crippen molar-refractivity contribution in [3.05, 3.63) is 58.6 Å². The molecule has 0 saturated heterocycles. The first kappa shape index (κ1) is 16.2. The lowest BCUT2D eigenvalue weighted by atomic mass is 9.86. The lowest BCUT2D eigenvalue weighted by molar-refractivity contribution is 0.0995. The van der Waals surface area contributed by atoms with Crippen LogP contribution in [0, 0.1) is 0 Å². The molecule has 0 saturated carbocycles. The van der Waals surface area contributed by atoms with Crippen molar-refractivity contribution in [1.29, 1.82) is 0 Å². The third-order valence-corrected chi connectivity index (χ3v) is 3.39. The van der Waals surface area contributed by atoms with Gasteiger partial charge in [-0.15, -0.1) is 10.2 Å². The molecule has 22 heavy (non-hydrogen) atoms. The number of phenolic OH excluding ortho intramolecular Hbond substituents is 1. The van der Waals surface area contributed by atoms with Gasteiger partial charge < -0.3 is 5.11 Å². The number of carbonyl (C=O) groups excluding carboxylic acids is 1. The molecule has 0 unspecified atom stereocenters. The quantitative estimate of drug-likeness (QED) is 0.767. The maximum absolute atomic E-state index is 11.9. The van der Waals surface area contributed by atoms with E-state index in [-0.39, 0.29) is 11.2 Å². The van der Waals surface area contributed by atoms with E-state index in [1.165, 1.54) is 0 Å². The normalized spacial score (nSPS) is 11.8. The third kappa shape index (κ3) is 3.92. The van der Waals surface area contributed by atoms with Crippen molar-refractivity contribution < 1.29 is 9.90 Å². The molecule has 0 fully saturated rings. The number of phenols is 1. The predicted octanol–water partition coefficient (Wildman–Crippen LogP) is 5.27. The van der Waals surface area contributed by atoms with Crippen molar-refractivity contribution in [3.8, 4) is 5.75 Å². The average molecular weight is 317 g/mol. The van der Waals surface area contributed by atoms with Crippen molar-refractivity contribution in [2.24, 2.45) is 10.2 Å². The Balaban J connectivity index is 2.23. The Bertz CT molecular complexity index is 716. The van der Waals surface area contributed by atoms with Gasteiger partial charge in [0.1, 0.15) is 5.75 Å². The lowest BCUT2D eigenvalue weighted by Crippen LogP contribution is -2.10. The third-order valence-electron chi connectivity index (χ3n) is 3.14. The fourth-order valence-electron chi connectivity index (χ4n) is 1.94. The van der Waals surface area contributed by atoms with Crippen molar-refractivity contribution in [1.82, 2.24) is 0 Å². The molecule has 1 amide bonds. The molecule has 0 aliphatic rings. The van der Waals surface area contributed by atoms with E-state index in [0.717, 1.165) is 5.56 Å². The second kappa shape index (κ2) is 6.28. The first-order valence-corrected chi connectivity index (χ1v) is 7.20. The zero-order valence-corrected chi connectivity index (χ0v) is 13.4. The first-order chi connectivity index (χ1) is 10.3. The Morgan fingerprint density at radius 2 is 1.73 bits per heavy atom. The molecule has 114 valence electrons. The van der Waals surface area contributed by atoms with Gasteiger partial charge in [0.15, 0.2) is 0 Å². The molecule has 1 N–H and O–H groups in total. The summed E-state index contributed by atoms with van der Waals surface area (Å²) in [5.74, 6) is -0.238. The highest BCUT2D eigenvalue weighted by atomic mass is 35.5. The van der Waals surface area contributed by atoms with E-state index in [1.807, 2.05) is 20.8 Å². The second-order valence-electron chi connectivity index (χ2n) is 5.96. The van der Waals surface area contributed by atoms with E-state index < -0.39 is 5.91 Å². The van der Waals surface area contributed by atoms with Crippen LogP contribution in [0.25, 0.3) is 0 Å². The van der Waals surface area contributed by atoms with Gasteiger partial charge in [0.05, 0.1) is 5.69 Å². The summed E-state index contributed by atoms with van der Waals surface area (Å²) in [4.78, 5) is 11.9. The van der Waals surface area contributed by atoms with Gasteiger partial charge in [-0.3, -0.25) is 4.79 Å². The molecule has 4 nitrogen and oxygen atoms in total. The van der Waals surface area contributed by atoms with E-state index in [0.29, 0.717) is 16.3 Å². The molecule has 2 rings (SSSR count). The number of nitrogens with zero attached hydrogens (tertiary/aromatic N) is 2. The zero-order valence-electron chi connectivity index (χ0n) is 12.7. The molecule has 0 aliphatic carbocycles. The Morgan fingerprint density at radius 3 is 2.32 bits per heavy atom. The maximum atomic E-state index is 11.9. The minimum atomic E-state index is -0.443. The number of benzene rings is 2. The number of halogens is 1. The van der Waals surface area contributed by atoms with E-state index in [1.54, 1.807) is 42.5 Å². The molecule has 0 aliphatic heterocycles. The number of hydrogen-bond acceptors (Lipinski definition) is 3. The van der Waals surface area contributed by atoms with E-state index in [2.05, 4.69) is 10.2 Å². The van der Waals surface area contributed by atoms with Gasteiger partial charge >= 0.3 is 0 Å². The van der Waals surface area contributed by atoms with E-state index in [9.17, 15) is 9.90 Å². The van der Waals surface area contributed by atoms with Crippen LogP contribution in [-0.4, -0.2) is 11.0 Å². The van der Waals surface area contributed by atoms with Crippen LogP contribution in [0.3, 0.4) is 0 Å². The van der Waals surface area contributed by atoms with Crippen LogP contribution >= 0.6 is 11.6 Å². The van der Waals surface area contributed by atoms with E-state index >= 15 is 0 Å². The van der Waals surface area contributed by atoms with Gasteiger partial charge in [0.25, 0.3) is 5.91 Å². The number of aromatic hydroxyl groups is 1. The minimum Gasteiger partial charge on any atom is -0.508 e. The predicted molar refractivity (Wildman–Crippen MR) is 87.1 cm³/mol. The van der Waals surface area contributed by atoms with Crippen molar-refractivity contribution in [3.63, 3.8) is 0 Å². The highest BCUT2D eigenvalue weighted by Gasteiger charge is 2.18. The van der Waals surface area contributed by atoms with Crippen molar-refractivity contribution in [2.45, 2.75) is 26.2 Å². The summed E-state index contributed by atoms with van der Waals surface area (Å²) in [5, 5.41) is 18.1. The van der Waals surface area contributed by atoms with Crippen LogP contribution in [0.1, 0.15) is 36.7 Å². The lowest BCUT2D eigenvalue weighted by Gasteiger charge is -2.20. The van der Waals surface area contributed by atoms with Crippen LogP contribution < -0.4 is 0 Å². The highest BCUT2D eigenvalue weighted by molar-refractivity contribution is 6.30. The minimum absolute atomic E-state index is 0.204. The molecule has 2 aromatic rings. The summed E-state index contributed by atoms with van der Waals surface area (Å²) in [6.07, 6.45) is 0. The van der Waals surface area contributed by atoms with Gasteiger partial charge in [0.2, 0.25) is 0 Å². The Kier molecular flexibility index (Phi) is 4.62. The van der Waals surface area contributed by atoms with Gasteiger partial charge in [-0.1, -0.05) is 32.4 Å². The molecule has 0 radical (unpaired) electrons. The summed E-state index contributed by atoms with van der Waals surface area (Å²) in [6.45, 7) is 5.96. The fourth-order valence-corrected chi connectivity index (χ4v) is 2.07. The summed E-state index contributed by atoms with van der Waals surface area (Å²) in [5.41, 5.74) is 1.46. The topological polar surface area (TPSA) is 62.0 Å². The molecular weight excluding hydrogens is 300 g/mol. The Hall–Kier alpha value is -2.20. The van der Waals surface area contributed by atoms with Crippen LogP contribution in [0.4, 0.5) is 5.69 Å². The summed E-state index contributed by atoms with van der Waals surface area (Å²) < 4.78 is 0. The summed E-state index contributed by atoms with van der Waals surface area (Å²) >= 11 is 5.78. The van der Waals surface area contributed by atoms with Crippen LogP contribution in [0.2, 0.25) is 5.02 Å². The molecule has 0 spiro atoms. The molecule has 0 heterocycles. The van der Waals surface area contributed by atoms with Crippen LogP contribution in [0.15, 0.2) is 52.7 Å². The van der Waals surface area contributed by atoms with Gasteiger partial charge in [0, 0.05) is 16.1 Å². The van der Waals surface area contributed by atoms with Gasteiger partial charge in [-0.05, 0) is 47.9 Å². The standard InChI is InChI=1S/C17H17ClN2O2/c1-17(2,3)14-10-13(8-9-15(14)21)19-20-16(22)11-4-6-12(18)7-5-11/h4-10,21H,1-3H3. The molecular formula is C17H17ClN2O2. The highest BCUT2D eigenvalue weighted by Crippen LogP contribution is 2.33. The monoisotopic (exact) mass is 316 g/mol.